The van der Waals surface area contributed by atoms with Gasteiger partial charge >= 0.3 is 6.18 Å². The van der Waals surface area contributed by atoms with Crippen LogP contribution in [0.2, 0.25) is 0 Å². The summed E-state index contributed by atoms with van der Waals surface area (Å²) in [4.78, 5) is 33.5. The quantitative estimate of drug-likeness (QED) is 0.318. The molecule has 0 aliphatic carbocycles. The van der Waals surface area contributed by atoms with Gasteiger partial charge in [0.05, 0.1) is 23.6 Å². The van der Waals surface area contributed by atoms with Crippen molar-refractivity contribution in [3.8, 4) is 0 Å². The fourth-order valence-electron chi connectivity index (χ4n) is 3.68. The van der Waals surface area contributed by atoms with Crippen LogP contribution in [0.3, 0.4) is 0 Å². The van der Waals surface area contributed by atoms with E-state index in [2.05, 4.69) is 20.4 Å². The van der Waals surface area contributed by atoms with E-state index in [9.17, 15) is 27.2 Å². The Labute approximate surface area is 196 Å². The fourth-order valence-corrected chi connectivity index (χ4v) is 3.68. The average molecular weight is 488 g/mol. The van der Waals surface area contributed by atoms with E-state index in [1.54, 1.807) is 10.8 Å². The first-order valence-corrected chi connectivity index (χ1v) is 10.5. The molecule has 0 aliphatic rings. The lowest BCUT2D eigenvalue weighted by Gasteiger charge is -2.09. The van der Waals surface area contributed by atoms with Gasteiger partial charge in [0, 0.05) is 46.8 Å². The van der Waals surface area contributed by atoms with Gasteiger partial charge in [-0.15, -0.1) is 0 Å². The minimum Gasteiger partial charge on any atom is -0.342 e. The molecule has 8 nitrogen and oxygen atoms in total. The number of anilines is 1. The van der Waals surface area contributed by atoms with Gasteiger partial charge in [0.2, 0.25) is 5.91 Å². The minimum absolute atomic E-state index is 0.122. The van der Waals surface area contributed by atoms with Crippen LogP contribution in [0.15, 0.2) is 43.1 Å². The number of fused-ring (bicyclic) bond motifs is 1. The predicted molar refractivity (Wildman–Crippen MR) is 118 cm³/mol. The molecule has 0 bridgehead atoms. The molecule has 0 atom stereocenters. The van der Waals surface area contributed by atoms with E-state index < -0.39 is 35.9 Å². The number of carbonyl (C=O) groups is 2. The van der Waals surface area contributed by atoms with E-state index in [1.807, 2.05) is 13.8 Å². The summed E-state index contributed by atoms with van der Waals surface area (Å²) in [5.74, 6) is -1.67. The number of rotatable bonds is 6. The Morgan fingerprint density at radius 3 is 2.46 bits per heavy atom. The SMILES string of the molecule is Cc1cc(C(F)(F)F)nn1CC(=O)Nc1cncc(C(=O)c2cn(C(C)C)c3c(F)cncc23)c1. The monoisotopic (exact) mass is 488 g/mol. The number of pyridine rings is 2. The Bertz CT molecular complexity index is 1440. The molecule has 0 aliphatic heterocycles. The van der Waals surface area contributed by atoms with Crippen molar-refractivity contribution in [2.75, 3.05) is 5.32 Å². The lowest BCUT2D eigenvalue weighted by molar-refractivity contribution is -0.141. The summed E-state index contributed by atoms with van der Waals surface area (Å²) in [5.41, 5.74) is -0.162. The van der Waals surface area contributed by atoms with E-state index in [1.165, 1.54) is 31.6 Å². The second-order valence-corrected chi connectivity index (χ2v) is 8.23. The topological polar surface area (TPSA) is 94.7 Å². The van der Waals surface area contributed by atoms with E-state index >= 15 is 0 Å². The molecular formula is C23H20F4N6O2. The Balaban J connectivity index is 1.57. The van der Waals surface area contributed by atoms with Gasteiger partial charge < -0.3 is 9.88 Å². The summed E-state index contributed by atoms with van der Waals surface area (Å²) in [6, 6.07) is 2.11. The highest BCUT2D eigenvalue weighted by molar-refractivity contribution is 6.16. The van der Waals surface area contributed by atoms with Crippen LogP contribution < -0.4 is 5.32 Å². The van der Waals surface area contributed by atoms with Crippen molar-refractivity contribution in [3.05, 3.63) is 71.4 Å². The second-order valence-electron chi connectivity index (χ2n) is 8.23. The summed E-state index contributed by atoms with van der Waals surface area (Å²) in [7, 11) is 0. The molecule has 4 aromatic heterocycles. The Kier molecular flexibility index (Phi) is 6.14. The van der Waals surface area contributed by atoms with Crippen molar-refractivity contribution in [2.45, 2.75) is 39.5 Å². The summed E-state index contributed by atoms with van der Waals surface area (Å²) in [5, 5.41) is 6.27. The van der Waals surface area contributed by atoms with Crippen LogP contribution in [-0.4, -0.2) is 36.0 Å². The zero-order chi connectivity index (χ0) is 25.5. The van der Waals surface area contributed by atoms with E-state index in [4.69, 9.17) is 0 Å². The molecule has 4 aromatic rings. The van der Waals surface area contributed by atoms with Crippen LogP contribution in [0.1, 0.15) is 47.2 Å². The van der Waals surface area contributed by atoms with Crippen molar-refractivity contribution in [1.29, 1.82) is 0 Å². The Morgan fingerprint density at radius 2 is 1.80 bits per heavy atom. The third-order valence-corrected chi connectivity index (χ3v) is 5.34. The molecule has 1 amide bonds. The predicted octanol–water partition coefficient (Wildman–Crippen LogP) is 4.54. The van der Waals surface area contributed by atoms with E-state index in [-0.39, 0.29) is 34.1 Å². The van der Waals surface area contributed by atoms with Gasteiger partial charge in [-0.3, -0.25) is 24.2 Å². The molecule has 0 saturated heterocycles. The lowest BCUT2D eigenvalue weighted by atomic mass is 10.0. The van der Waals surface area contributed by atoms with Gasteiger partial charge in [-0.2, -0.15) is 18.3 Å². The molecule has 0 fully saturated rings. The highest BCUT2D eigenvalue weighted by atomic mass is 19.4. The average Bonchev–Trinajstić information content (AvgIpc) is 3.35. The minimum atomic E-state index is -4.62. The lowest BCUT2D eigenvalue weighted by Crippen LogP contribution is -2.21. The molecule has 0 aromatic carbocycles. The summed E-state index contributed by atoms with van der Waals surface area (Å²) < 4.78 is 55.6. The Hall–Kier alpha value is -4.09. The van der Waals surface area contributed by atoms with E-state index in [0.29, 0.717) is 5.39 Å². The van der Waals surface area contributed by atoms with Crippen molar-refractivity contribution in [2.24, 2.45) is 0 Å². The molecule has 182 valence electrons. The van der Waals surface area contributed by atoms with Crippen LogP contribution in [0.4, 0.5) is 23.2 Å². The van der Waals surface area contributed by atoms with Gasteiger partial charge in [0.15, 0.2) is 17.3 Å². The van der Waals surface area contributed by atoms with Crippen LogP contribution >= 0.6 is 0 Å². The van der Waals surface area contributed by atoms with Crippen molar-refractivity contribution < 1.29 is 27.2 Å². The van der Waals surface area contributed by atoms with Gasteiger partial charge in [-0.25, -0.2) is 4.39 Å². The number of amides is 1. The number of halogens is 4. The van der Waals surface area contributed by atoms with Gasteiger partial charge in [-0.05, 0) is 32.9 Å². The largest absolute Gasteiger partial charge is 0.435 e. The summed E-state index contributed by atoms with van der Waals surface area (Å²) in [6.07, 6.45) is 2.01. The zero-order valence-corrected chi connectivity index (χ0v) is 18.9. The molecule has 0 saturated carbocycles. The third kappa shape index (κ3) is 4.77. The number of ketones is 1. The number of nitrogens with zero attached hydrogens (tertiary/aromatic N) is 5. The third-order valence-electron chi connectivity index (χ3n) is 5.34. The van der Waals surface area contributed by atoms with Crippen LogP contribution in [0.25, 0.3) is 10.9 Å². The van der Waals surface area contributed by atoms with Crippen LogP contribution in [0, 0.1) is 12.7 Å². The number of hydrogen-bond donors (Lipinski definition) is 1. The number of nitrogens with one attached hydrogen (secondary N) is 1. The molecule has 0 spiro atoms. The molecule has 4 heterocycles. The highest BCUT2D eigenvalue weighted by Gasteiger charge is 2.34. The normalized spacial score (nSPS) is 11.9. The number of alkyl halides is 3. The molecule has 4 rings (SSSR count). The molecule has 12 heteroatoms. The number of hydrogen-bond acceptors (Lipinski definition) is 5. The first-order valence-electron chi connectivity index (χ1n) is 10.5. The van der Waals surface area contributed by atoms with Crippen molar-refractivity contribution >= 4 is 28.3 Å². The first-order chi connectivity index (χ1) is 16.5. The summed E-state index contributed by atoms with van der Waals surface area (Å²) in [6.45, 7) is 4.64. The second kappa shape index (κ2) is 8.93. The van der Waals surface area contributed by atoms with Crippen molar-refractivity contribution in [3.63, 3.8) is 0 Å². The van der Waals surface area contributed by atoms with Gasteiger partial charge in [0.1, 0.15) is 6.54 Å². The molecule has 1 N–H and O–H groups in total. The maximum atomic E-state index is 14.4. The highest BCUT2D eigenvalue weighted by Crippen LogP contribution is 2.29. The maximum Gasteiger partial charge on any atom is 0.435 e. The van der Waals surface area contributed by atoms with Gasteiger partial charge in [-0.1, -0.05) is 0 Å². The van der Waals surface area contributed by atoms with Gasteiger partial charge in [0.25, 0.3) is 0 Å². The molecule has 0 unspecified atom stereocenters. The molecule has 35 heavy (non-hydrogen) atoms. The van der Waals surface area contributed by atoms with Crippen molar-refractivity contribution in [1.82, 2.24) is 24.3 Å². The van der Waals surface area contributed by atoms with Crippen LogP contribution in [-0.2, 0) is 17.5 Å². The smallest absolute Gasteiger partial charge is 0.342 e. The summed E-state index contributed by atoms with van der Waals surface area (Å²) >= 11 is 0. The molecule has 0 radical (unpaired) electrons. The maximum absolute atomic E-state index is 14.4. The van der Waals surface area contributed by atoms with E-state index in [0.717, 1.165) is 16.9 Å². The standard InChI is InChI=1S/C23H20F4N6O2/c1-12(2)32-10-17(16-8-29-9-18(24)21(16)32)22(35)14-5-15(7-28-6-14)30-20(34)11-33-13(3)4-19(31-33)23(25,26)27/h4-10,12H,11H2,1-3H3,(H,30,34). The number of carbonyl (C=O) groups excluding carboxylic acids is 2. The zero-order valence-electron chi connectivity index (χ0n) is 18.9. The van der Waals surface area contributed by atoms with Crippen LogP contribution in [0.5, 0.6) is 0 Å². The number of aryl methyl sites for hydroxylation is 1. The number of aromatic nitrogens is 5. The molecular weight excluding hydrogens is 468 g/mol. The Morgan fingerprint density at radius 1 is 1.09 bits per heavy atom. The fraction of sp³-hybridized carbons (Fsp3) is 0.261. The first kappa shape index (κ1) is 24.0.